The number of esters is 2. The van der Waals surface area contributed by atoms with E-state index in [1.807, 2.05) is 58.9 Å². The van der Waals surface area contributed by atoms with Crippen molar-refractivity contribution in [2.75, 3.05) is 31.8 Å². The Hall–Kier alpha value is -2.46. The Bertz CT molecular complexity index is 1070. The quantitative estimate of drug-likeness (QED) is 0.235. The van der Waals surface area contributed by atoms with Crippen molar-refractivity contribution >= 4 is 27.7 Å². The van der Waals surface area contributed by atoms with E-state index >= 15 is 0 Å². The highest BCUT2D eigenvalue weighted by atomic mass is 32.2. The number of carbonyl (C=O) groups excluding carboxylic acids is 3. The molecule has 1 aromatic carbocycles. The smallest absolute Gasteiger partial charge is 0.321 e. The first-order chi connectivity index (χ1) is 17.5. The summed E-state index contributed by atoms with van der Waals surface area (Å²) in [6.07, 6.45) is 2.03. The van der Waals surface area contributed by atoms with Crippen molar-refractivity contribution in [1.29, 1.82) is 0 Å². The lowest BCUT2D eigenvalue weighted by molar-refractivity contribution is -0.153. The molecule has 0 radical (unpaired) electrons. The Morgan fingerprint density at radius 2 is 1.58 bits per heavy atom. The molecule has 0 spiro atoms. The van der Waals surface area contributed by atoms with Gasteiger partial charge in [-0.1, -0.05) is 44.5 Å². The van der Waals surface area contributed by atoms with E-state index in [2.05, 4.69) is 10.9 Å². The van der Waals surface area contributed by atoms with Crippen molar-refractivity contribution in [2.24, 2.45) is 10.8 Å². The number of benzene rings is 1. The summed E-state index contributed by atoms with van der Waals surface area (Å²) in [6, 6.07) is 7.65. The van der Waals surface area contributed by atoms with Crippen LogP contribution < -0.4 is 10.9 Å². The molecule has 1 unspecified atom stereocenters. The Morgan fingerprint density at radius 3 is 2.16 bits per heavy atom. The van der Waals surface area contributed by atoms with E-state index in [1.54, 1.807) is 20.9 Å². The molecule has 0 saturated heterocycles. The Kier molecular flexibility index (Phi) is 12.4. The average Bonchev–Trinajstić information content (AvgIpc) is 2.77. The number of rotatable bonds is 16. The fraction of sp³-hybridized carbons (Fsp3) is 0.679. The first kappa shape index (κ1) is 33.6. The van der Waals surface area contributed by atoms with Crippen LogP contribution in [0.25, 0.3) is 0 Å². The molecule has 9 nitrogen and oxygen atoms in total. The van der Waals surface area contributed by atoms with Crippen molar-refractivity contribution in [1.82, 2.24) is 10.9 Å². The highest BCUT2D eigenvalue weighted by Crippen LogP contribution is 2.35. The summed E-state index contributed by atoms with van der Waals surface area (Å²) in [7, 11) is -2.02. The number of ether oxygens (including phenoxy) is 2. The Morgan fingerprint density at radius 1 is 0.947 bits per heavy atom. The second-order valence-corrected chi connectivity index (χ2v) is 13.4. The maximum Gasteiger partial charge on any atom is 0.321 e. The van der Waals surface area contributed by atoms with Gasteiger partial charge in [0.1, 0.15) is 5.75 Å². The first-order valence-corrected chi connectivity index (χ1v) is 14.9. The van der Waals surface area contributed by atoms with Crippen molar-refractivity contribution in [3.63, 3.8) is 0 Å². The highest BCUT2D eigenvalue weighted by Gasteiger charge is 2.37. The third kappa shape index (κ3) is 10.4. The molecule has 1 aromatic rings. The predicted octanol–water partition coefficient (Wildman–Crippen LogP) is 3.50. The Labute approximate surface area is 228 Å². The van der Waals surface area contributed by atoms with Crippen LogP contribution in [-0.2, 0) is 45.5 Å². The zero-order chi connectivity index (χ0) is 29.2. The molecule has 1 atom stereocenters. The van der Waals surface area contributed by atoms with Crippen molar-refractivity contribution in [3.05, 3.63) is 35.4 Å². The van der Waals surface area contributed by atoms with Crippen LogP contribution in [0.3, 0.4) is 0 Å². The van der Waals surface area contributed by atoms with Crippen LogP contribution in [0.2, 0.25) is 0 Å². The number of hydrazine groups is 1. The van der Waals surface area contributed by atoms with E-state index in [0.29, 0.717) is 32.3 Å². The van der Waals surface area contributed by atoms with Gasteiger partial charge in [-0.05, 0) is 70.4 Å². The summed E-state index contributed by atoms with van der Waals surface area (Å²) in [5, 5.41) is 0. The molecule has 0 fully saturated rings. The lowest BCUT2D eigenvalue weighted by atomic mass is 9.74. The molecule has 0 aliphatic rings. The standard InChI is InChI=1S/C28H46N2O7S/c1-9-36-23(31)19-38(34,35)20-26(3,4)15-12-16-28(7,24(32)30-29-8)22-14-11-13-21(17-22)18-27(5,6)25(33)37-10-2/h11,13-14,17,29H,9-10,12,15-16,18-20H2,1-8H3,(H,30,32). The van der Waals surface area contributed by atoms with Crippen LogP contribution in [0.1, 0.15) is 78.9 Å². The van der Waals surface area contributed by atoms with Crippen LogP contribution in [-0.4, -0.2) is 58.0 Å². The van der Waals surface area contributed by atoms with Gasteiger partial charge in [0.2, 0.25) is 5.91 Å². The SMILES string of the molecule is CCOC(=O)CS(=O)(=O)CC(C)(C)CCCC(C)(C(=O)NNC)c1cccc(CC(C)(C)C(=O)OCC)c1. The van der Waals surface area contributed by atoms with Crippen LogP contribution in [0.4, 0.5) is 0 Å². The van der Waals surface area contributed by atoms with Gasteiger partial charge in [-0.2, -0.15) is 0 Å². The van der Waals surface area contributed by atoms with E-state index in [9.17, 15) is 22.8 Å². The van der Waals surface area contributed by atoms with Crippen LogP contribution in [0.15, 0.2) is 24.3 Å². The molecule has 0 aliphatic heterocycles. The first-order valence-electron chi connectivity index (χ1n) is 13.1. The van der Waals surface area contributed by atoms with Gasteiger partial charge in [-0.25, -0.2) is 13.8 Å². The predicted molar refractivity (Wildman–Crippen MR) is 148 cm³/mol. The molecule has 216 valence electrons. The van der Waals surface area contributed by atoms with Gasteiger partial charge in [0.15, 0.2) is 9.84 Å². The van der Waals surface area contributed by atoms with Gasteiger partial charge in [0, 0.05) is 7.05 Å². The summed E-state index contributed by atoms with van der Waals surface area (Å²) in [5.74, 6) is -2.03. The van der Waals surface area contributed by atoms with Gasteiger partial charge in [-0.15, -0.1) is 0 Å². The summed E-state index contributed by atoms with van der Waals surface area (Å²) < 4.78 is 35.1. The molecule has 0 heterocycles. The van der Waals surface area contributed by atoms with E-state index in [4.69, 9.17) is 9.47 Å². The molecule has 0 bridgehead atoms. The molecule has 0 saturated carbocycles. The average molecular weight is 555 g/mol. The van der Waals surface area contributed by atoms with Gasteiger partial charge in [0.25, 0.3) is 0 Å². The molecular weight excluding hydrogens is 508 g/mol. The second kappa shape index (κ2) is 14.1. The maximum absolute atomic E-state index is 13.2. The number of hydrogen-bond donors (Lipinski definition) is 2. The van der Waals surface area contributed by atoms with Crippen LogP contribution in [0.5, 0.6) is 0 Å². The zero-order valence-corrected chi connectivity index (χ0v) is 25.0. The molecule has 0 aromatic heterocycles. The molecule has 38 heavy (non-hydrogen) atoms. The topological polar surface area (TPSA) is 128 Å². The van der Waals surface area contributed by atoms with Crippen molar-refractivity contribution in [3.8, 4) is 0 Å². The fourth-order valence-electron chi connectivity index (χ4n) is 4.60. The number of carbonyl (C=O) groups is 3. The minimum absolute atomic E-state index is 0.131. The summed E-state index contributed by atoms with van der Waals surface area (Å²) in [5.41, 5.74) is 4.88. The molecule has 1 rings (SSSR count). The van der Waals surface area contributed by atoms with E-state index in [-0.39, 0.29) is 24.2 Å². The van der Waals surface area contributed by atoms with Crippen molar-refractivity contribution in [2.45, 2.75) is 79.6 Å². The zero-order valence-electron chi connectivity index (χ0n) is 24.2. The van der Waals surface area contributed by atoms with Crippen LogP contribution >= 0.6 is 0 Å². The van der Waals surface area contributed by atoms with Gasteiger partial charge in [-0.3, -0.25) is 19.8 Å². The second-order valence-electron chi connectivity index (χ2n) is 11.4. The lowest BCUT2D eigenvalue weighted by Crippen LogP contribution is -2.47. The summed E-state index contributed by atoms with van der Waals surface area (Å²) >= 11 is 0. The lowest BCUT2D eigenvalue weighted by Gasteiger charge is -2.32. The minimum atomic E-state index is -3.64. The fourth-order valence-corrected chi connectivity index (χ4v) is 6.47. The minimum Gasteiger partial charge on any atom is -0.466 e. The largest absolute Gasteiger partial charge is 0.466 e. The van der Waals surface area contributed by atoms with E-state index in [0.717, 1.165) is 11.1 Å². The summed E-state index contributed by atoms with van der Waals surface area (Å²) in [6.45, 7) is 13.1. The summed E-state index contributed by atoms with van der Waals surface area (Å²) in [4.78, 5) is 37.3. The molecule has 0 aliphatic carbocycles. The third-order valence-electron chi connectivity index (χ3n) is 6.56. The van der Waals surface area contributed by atoms with Gasteiger partial charge in [0.05, 0.1) is 29.8 Å². The van der Waals surface area contributed by atoms with Gasteiger partial charge < -0.3 is 9.47 Å². The van der Waals surface area contributed by atoms with Gasteiger partial charge >= 0.3 is 11.9 Å². The van der Waals surface area contributed by atoms with E-state index < -0.39 is 37.8 Å². The molecule has 1 amide bonds. The van der Waals surface area contributed by atoms with Crippen molar-refractivity contribution < 1.29 is 32.3 Å². The monoisotopic (exact) mass is 554 g/mol. The molecular formula is C28H46N2O7S. The Balaban J connectivity index is 3.09. The number of sulfone groups is 1. The number of hydrogen-bond acceptors (Lipinski definition) is 8. The number of amides is 1. The molecule has 10 heteroatoms. The molecule has 2 N–H and O–H groups in total. The van der Waals surface area contributed by atoms with Crippen LogP contribution in [0, 0.1) is 10.8 Å². The highest BCUT2D eigenvalue weighted by molar-refractivity contribution is 7.92. The third-order valence-corrected chi connectivity index (χ3v) is 8.46. The van der Waals surface area contributed by atoms with E-state index in [1.165, 1.54) is 0 Å². The normalized spacial score (nSPS) is 13.9. The number of nitrogens with one attached hydrogen (secondary N) is 2. The maximum atomic E-state index is 13.2.